The fourth-order valence-electron chi connectivity index (χ4n) is 1.28. The van der Waals surface area contributed by atoms with Crippen molar-refractivity contribution in [2.45, 2.75) is 32.9 Å². The second kappa shape index (κ2) is 5.91. The molecule has 1 amide bonds. The van der Waals surface area contributed by atoms with Crippen molar-refractivity contribution < 1.29 is 13.6 Å². The molecule has 0 radical (unpaired) electrons. The first kappa shape index (κ1) is 14.6. The summed E-state index contributed by atoms with van der Waals surface area (Å²) in [6.07, 6.45) is 0. The fraction of sp³-hybridized carbons (Fsp3) is 0.462. The minimum atomic E-state index is -0.527. The predicted molar refractivity (Wildman–Crippen MR) is 66.0 cm³/mol. The molecule has 100 valence electrons. The largest absolute Gasteiger partial charge is 0.351 e. The molecule has 0 aliphatic heterocycles. The number of rotatable bonds is 4. The average Bonchev–Trinajstić information content (AvgIpc) is 2.26. The SMILES string of the molecule is CC(C)(C)NCC(=O)NCc1cc(F)ccc1F. The summed E-state index contributed by atoms with van der Waals surface area (Å²) >= 11 is 0. The Balaban J connectivity index is 2.45. The molecule has 0 bridgehead atoms. The molecule has 1 aromatic rings. The van der Waals surface area contributed by atoms with Crippen LogP contribution in [0.1, 0.15) is 26.3 Å². The smallest absolute Gasteiger partial charge is 0.234 e. The van der Waals surface area contributed by atoms with E-state index in [1.54, 1.807) is 0 Å². The van der Waals surface area contributed by atoms with E-state index in [1.807, 2.05) is 20.8 Å². The van der Waals surface area contributed by atoms with Gasteiger partial charge in [-0.2, -0.15) is 0 Å². The van der Waals surface area contributed by atoms with Gasteiger partial charge < -0.3 is 10.6 Å². The van der Waals surface area contributed by atoms with E-state index in [-0.39, 0.29) is 30.1 Å². The summed E-state index contributed by atoms with van der Waals surface area (Å²) < 4.78 is 26.1. The second-order valence-electron chi connectivity index (χ2n) is 5.12. The number of halogens is 2. The van der Waals surface area contributed by atoms with Gasteiger partial charge in [0, 0.05) is 17.6 Å². The molecular formula is C13H18F2N2O. The average molecular weight is 256 g/mol. The summed E-state index contributed by atoms with van der Waals surface area (Å²) in [4.78, 5) is 11.5. The Hall–Kier alpha value is -1.49. The van der Waals surface area contributed by atoms with Crippen LogP contribution < -0.4 is 10.6 Å². The fourth-order valence-corrected chi connectivity index (χ4v) is 1.28. The first-order valence-electron chi connectivity index (χ1n) is 5.73. The van der Waals surface area contributed by atoms with Gasteiger partial charge >= 0.3 is 0 Å². The zero-order chi connectivity index (χ0) is 13.8. The maximum absolute atomic E-state index is 13.3. The lowest BCUT2D eigenvalue weighted by Crippen LogP contribution is -2.43. The van der Waals surface area contributed by atoms with Crippen molar-refractivity contribution in [1.82, 2.24) is 10.6 Å². The molecule has 0 aliphatic carbocycles. The Morgan fingerprint density at radius 2 is 1.94 bits per heavy atom. The molecule has 0 spiro atoms. The second-order valence-corrected chi connectivity index (χ2v) is 5.12. The third-order valence-corrected chi connectivity index (χ3v) is 2.26. The molecule has 0 saturated carbocycles. The molecule has 0 aliphatic rings. The Morgan fingerprint density at radius 3 is 2.56 bits per heavy atom. The maximum Gasteiger partial charge on any atom is 0.234 e. The summed E-state index contributed by atoms with van der Waals surface area (Å²) in [5.74, 6) is -1.30. The Morgan fingerprint density at radius 1 is 1.28 bits per heavy atom. The zero-order valence-corrected chi connectivity index (χ0v) is 10.8. The highest BCUT2D eigenvalue weighted by molar-refractivity contribution is 5.78. The van der Waals surface area contributed by atoms with Crippen molar-refractivity contribution in [3.8, 4) is 0 Å². The first-order valence-corrected chi connectivity index (χ1v) is 5.73. The Kier molecular flexibility index (Phi) is 4.78. The van der Waals surface area contributed by atoms with Gasteiger partial charge in [0.15, 0.2) is 0 Å². The van der Waals surface area contributed by atoms with Gasteiger partial charge in [-0.15, -0.1) is 0 Å². The molecule has 2 N–H and O–H groups in total. The molecule has 0 saturated heterocycles. The van der Waals surface area contributed by atoms with Gasteiger partial charge in [0.2, 0.25) is 5.91 Å². The summed E-state index contributed by atoms with van der Waals surface area (Å²) in [6, 6.07) is 3.17. The van der Waals surface area contributed by atoms with Crippen LogP contribution >= 0.6 is 0 Å². The molecule has 5 heteroatoms. The van der Waals surface area contributed by atoms with Crippen LogP contribution in [0.15, 0.2) is 18.2 Å². The highest BCUT2D eigenvalue weighted by Crippen LogP contribution is 2.09. The number of nitrogens with one attached hydrogen (secondary N) is 2. The highest BCUT2D eigenvalue weighted by atomic mass is 19.1. The van der Waals surface area contributed by atoms with Crippen molar-refractivity contribution in [2.24, 2.45) is 0 Å². The molecule has 0 atom stereocenters. The third kappa shape index (κ3) is 5.23. The molecule has 1 rings (SSSR count). The van der Waals surface area contributed by atoms with E-state index in [0.717, 1.165) is 18.2 Å². The minimum Gasteiger partial charge on any atom is -0.351 e. The zero-order valence-electron chi connectivity index (χ0n) is 10.8. The van der Waals surface area contributed by atoms with Crippen LogP contribution in [0, 0.1) is 11.6 Å². The lowest BCUT2D eigenvalue weighted by Gasteiger charge is -2.20. The van der Waals surface area contributed by atoms with E-state index in [0.29, 0.717) is 0 Å². The molecular weight excluding hydrogens is 238 g/mol. The quantitative estimate of drug-likeness (QED) is 0.864. The van der Waals surface area contributed by atoms with E-state index < -0.39 is 11.6 Å². The van der Waals surface area contributed by atoms with E-state index in [9.17, 15) is 13.6 Å². The Labute approximate surface area is 106 Å². The lowest BCUT2D eigenvalue weighted by molar-refractivity contribution is -0.120. The van der Waals surface area contributed by atoms with Crippen molar-refractivity contribution in [3.05, 3.63) is 35.4 Å². The van der Waals surface area contributed by atoms with Gasteiger partial charge in [-0.1, -0.05) is 0 Å². The number of carbonyl (C=O) groups excluding carboxylic acids is 1. The molecule has 3 nitrogen and oxygen atoms in total. The number of benzene rings is 1. The molecule has 0 heterocycles. The number of amides is 1. The lowest BCUT2D eigenvalue weighted by atomic mass is 10.1. The first-order chi connectivity index (χ1) is 8.28. The van der Waals surface area contributed by atoms with Crippen LogP contribution in [-0.4, -0.2) is 18.0 Å². The standard InChI is InChI=1S/C13H18F2N2O/c1-13(2,3)17-8-12(18)16-7-9-6-10(14)4-5-11(9)15/h4-6,17H,7-8H2,1-3H3,(H,16,18). The van der Waals surface area contributed by atoms with Gasteiger partial charge in [-0.3, -0.25) is 4.79 Å². The van der Waals surface area contributed by atoms with Crippen LogP contribution in [0.5, 0.6) is 0 Å². The summed E-state index contributed by atoms with van der Waals surface area (Å²) in [5, 5.41) is 5.54. The van der Waals surface area contributed by atoms with Crippen LogP contribution in [-0.2, 0) is 11.3 Å². The van der Waals surface area contributed by atoms with Gasteiger partial charge in [0.05, 0.1) is 6.54 Å². The summed E-state index contributed by atoms with van der Waals surface area (Å²) in [7, 11) is 0. The molecule has 0 fully saturated rings. The van der Waals surface area contributed by atoms with Crippen molar-refractivity contribution in [2.75, 3.05) is 6.54 Å². The van der Waals surface area contributed by atoms with Crippen molar-refractivity contribution >= 4 is 5.91 Å². The Bertz CT molecular complexity index is 427. The van der Waals surface area contributed by atoms with Crippen molar-refractivity contribution in [3.63, 3.8) is 0 Å². The molecule has 0 unspecified atom stereocenters. The van der Waals surface area contributed by atoms with Crippen LogP contribution in [0.4, 0.5) is 8.78 Å². The topological polar surface area (TPSA) is 41.1 Å². The van der Waals surface area contributed by atoms with Crippen LogP contribution in [0.3, 0.4) is 0 Å². The highest BCUT2D eigenvalue weighted by Gasteiger charge is 2.11. The van der Waals surface area contributed by atoms with Crippen LogP contribution in [0.2, 0.25) is 0 Å². The number of carbonyl (C=O) groups is 1. The third-order valence-electron chi connectivity index (χ3n) is 2.26. The number of hydrogen-bond acceptors (Lipinski definition) is 2. The van der Waals surface area contributed by atoms with Crippen molar-refractivity contribution in [1.29, 1.82) is 0 Å². The van der Waals surface area contributed by atoms with Gasteiger partial charge in [0.25, 0.3) is 0 Å². The van der Waals surface area contributed by atoms with Gasteiger partial charge in [0.1, 0.15) is 11.6 Å². The van der Waals surface area contributed by atoms with E-state index in [2.05, 4.69) is 10.6 Å². The molecule has 0 aromatic heterocycles. The van der Waals surface area contributed by atoms with Gasteiger partial charge in [-0.05, 0) is 39.0 Å². The minimum absolute atomic E-state index is 0.0196. The van der Waals surface area contributed by atoms with E-state index in [1.165, 1.54) is 0 Å². The summed E-state index contributed by atoms with van der Waals surface area (Å²) in [6.45, 7) is 5.93. The van der Waals surface area contributed by atoms with Gasteiger partial charge in [-0.25, -0.2) is 8.78 Å². The van der Waals surface area contributed by atoms with Crippen LogP contribution in [0.25, 0.3) is 0 Å². The van der Waals surface area contributed by atoms with E-state index in [4.69, 9.17) is 0 Å². The van der Waals surface area contributed by atoms with E-state index >= 15 is 0 Å². The summed E-state index contributed by atoms with van der Waals surface area (Å²) in [5.41, 5.74) is -0.0272. The maximum atomic E-state index is 13.3. The monoisotopic (exact) mass is 256 g/mol. The normalized spacial score (nSPS) is 11.4. The molecule has 1 aromatic carbocycles. The molecule has 18 heavy (non-hydrogen) atoms. The predicted octanol–water partition coefficient (Wildman–Crippen LogP) is 1.97. The number of hydrogen-bond donors (Lipinski definition) is 2.